The summed E-state index contributed by atoms with van der Waals surface area (Å²) >= 11 is 1.67. The Kier molecular flexibility index (Phi) is 36.8. The second-order valence-corrected chi connectivity index (χ2v) is 17.6. The maximum atomic E-state index is 4.71. The predicted molar refractivity (Wildman–Crippen MR) is 267 cm³/mol. The van der Waals surface area contributed by atoms with Crippen LogP contribution in [0.25, 0.3) is 0 Å². The van der Waals surface area contributed by atoms with E-state index in [0.29, 0.717) is 42.1 Å². The van der Waals surface area contributed by atoms with Gasteiger partial charge in [-0.25, -0.2) is 24.9 Å². The van der Waals surface area contributed by atoms with Gasteiger partial charge in [0.1, 0.15) is 25.9 Å². The van der Waals surface area contributed by atoms with E-state index in [0.717, 1.165) is 41.5 Å². The maximum Gasteiger partial charge on any atom is 0.130 e. The number of thiazole rings is 1. The molecule has 0 aliphatic heterocycles. The van der Waals surface area contributed by atoms with Gasteiger partial charge in [-0.15, -0.1) is 11.3 Å². The van der Waals surface area contributed by atoms with Crippen LogP contribution in [0.15, 0.2) is 89.1 Å². The van der Waals surface area contributed by atoms with Gasteiger partial charge in [0.05, 0.1) is 22.6 Å². The Bertz CT molecular complexity index is 1720. The third-order valence-electron chi connectivity index (χ3n) is 7.43. The lowest BCUT2D eigenvalue weighted by molar-refractivity contribution is 0.159. The van der Waals surface area contributed by atoms with Crippen molar-refractivity contribution in [2.45, 2.75) is 148 Å². The van der Waals surface area contributed by atoms with E-state index in [1.54, 1.807) is 43.4 Å². The molecule has 5 heterocycles. The van der Waals surface area contributed by atoms with Crippen molar-refractivity contribution in [1.29, 1.82) is 0 Å². The molecule has 5 rings (SSSR count). The number of hydrogen-bond donors (Lipinski definition) is 0. The molecule has 0 N–H and O–H groups in total. The summed E-state index contributed by atoms with van der Waals surface area (Å²) in [5, 5.41) is 9.32. The third-order valence-corrected chi connectivity index (χ3v) is 8.06. The molecule has 12 nitrogen and oxygen atoms in total. The highest BCUT2D eigenvalue weighted by atomic mass is 32.1. The molecule has 0 aliphatic carbocycles. The lowest BCUT2D eigenvalue weighted by Crippen LogP contribution is -1.95. The first-order chi connectivity index (χ1) is 29.8. The Labute approximate surface area is 386 Å². The zero-order valence-electron chi connectivity index (χ0n) is 42.0. The smallest absolute Gasteiger partial charge is 0.130 e. The van der Waals surface area contributed by atoms with Crippen LogP contribution in [0, 0.1) is 37.5 Å². The van der Waals surface area contributed by atoms with Gasteiger partial charge in [-0.1, -0.05) is 113 Å². The minimum Gasteiger partial charge on any atom is -0.399 e. The second kappa shape index (κ2) is 38.6. The summed E-state index contributed by atoms with van der Waals surface area (Å²) in [6, 6.07) is 6.05. The fraction of sp³-hybridized carbons (Fsp3) is 0.560. The predicted octanol–water partition coefficient (Wildman–Crippen LogP) is 13.0. The first-order valence-corrected chi connectivity index (χ1v) is 23.1. The number of pyridine rings is 1. The van der Waals surface area contributed by atoms with Gasteiger partial charge in [0.15, 0.2) is 0 Å². The quantitative estimate of drug-likeness (QED) is 0.0876. The molecule has 5 aromatic heterocycles. The zero-order chi connectivity index (χ0) is 48.0. The van der Waals surface area contributed by atoms with Crippen LogP contribution in [0.5, 0.6) is 0 Å². The first kappa shape index (κ1) is 60.0. The summed E-state index contributed by atoms with van der Waals surface area (Å²) in [5.74, 6) is 4.77. The van der Waals surface area contributed by atoms with E-state index < -0.39 is 0 Å². The normalized spacial score (nSPS) is 10.5. The Balaban J connectivity index is 0. The van der Waals surface area contributed by atoms with Crippen LogP contribution in [-0.2, 0) is 22.5 Å². The summed E-state index contributed by atoms with van der Waals surface area (Å²) in [6.45, 7) is 36.2. The van der Waals surface area contributed by atoms with Crippen molar-refractivity contribution in [2.75, 3.05) is 13.7 Å². The molecule has 63 heavy (non-hydrogen) atoms. The summed E-state index contributed by atoms with van der Waals surface area (Å²) < 4.78 is 0. The molecule has 13 heteroatoms. The molecule has 0 saturated carbocycles. The third kappa shape index (κ3) is 38.4. The van der Waals surface area contributed by atoms with E-state index in [9.17, 15) is 0 Å². The molecule has 0 aromatic carbocycles. The number of hydrogen-bond acceptors (Lipinski definition) is 13. The van der Waals surface area contributed by atoms with Crippen molar-refractivity contribution in [1.82, 2.24) is 39.9 Å². The minimum atomic E-state index is 0.431. The molecule has 0 atom stereocenters. The van der Waals surface area contributed by atoms with E-state index >= 15 is 0 Å². The van der Waals surface area contributed by atoms with Crippen molar-refractivity contribution in [2.24, 2.45) is 34.0 Å². The fourth-order valence-electron chi connectivity index (χ4n) is 4.13. The van der Waals surface area contributed by atoms with Crippen LogP contribution in [0.3, 0.4) is 0 Å². The fourth-order valence-corrected chi connectivity index (χ4v) is 4.70. The van der Waals surface area contributed by atoms with Gasteiger partial charge < -0.3 is 9.68 Å². The van der Waals surface area contributed by atoms with Crippen molar-refractivity contribution in [3.8, 4) is 0 Å². The van der Waals surface area contributed by atoms with Crippen LogP contribution in [0.4, 0.5) is 0 Å². The van der Waals surface area contributed by atoms with Crippen molar-refractivity contribution < 1.29 is 9.68 Å². The van der Waals surface area contributed by atoms with E-state index in [-0.39, 0.29) is 0 Å². The lowest BCUT2D eigenvalue weighted by atomic mass is 10.1. The highest BCUT2D eigenvalue weighted by molar-refractivity contribution is 7.07. The largest absolute Gasteiger partial charge is 0.399 e. The molecule has 5 aromatic rings. The van der Waals surface area contributed by atoms with Crippen molar-refractivity contribution in [3.63, 3.8) is 0 Å². The Morgan fingerprint density at radius 1 is 0.619 bits per heavy atom. The molecular formula is C50H82N10O2S. The van der Waals surface area contributed by atoms with Crippen LogP contribution in [0.1, 0.15) is 161 Å². The average molecular weight is 887 g/mol. The molecule has 0 fully saturated rings. The van der Waals surface area contributed by atoms with Crippen molar-refractivity contribution in [3.05, 3.63) is 119 Å². The van der Waals surface area contributed by atoms with Gasteiger partial charge in [-0.3, -0.25) is 15.0 Å². The van der Waals surface area contributed by atoms with E-state index in [1.807, 2.05) is 89.4 Å². The lowest BCUT2D eigenvalue weighted by Gasteiger charge is -2.01. The van der Waals surface area contributed by atoms with E-state index in [1.165, 1.54) is 17.0 Å². The van der Waals surface area contributed by atoms with Gasteiger partial charge in [0.25, 0.3) is 0 Å². The van der Waals surface area contributed by atoms with Gasteiger partial charge in [0, 0.05) is 72.8 Å². The SMILES string of the molecule is CC(C)Cc1ccccn1.CC(C)Cc1cscn1.CC(C)c1cncnc1.CCON=CC(C)C.CON=CC(C)C.Cc1cnc(C(C)C)cn1.Cc1cnc(C(C)C)nc1. The highest BCUT2D eigenvalue weighted by Gasteiger charge is 2.01. The molecular weight excluding hydrogens is 805 g/mol. The Hall–Kier alpha value is -5.04. The Morgan fingerprint density at radius 2 is 1.21 bits per heavy atom. The molecule has 0 amide bonds. The molecule has 350 valence electrons. The average Bonchev–Trinajstić information content (AvgIpc) is 3.75. The minimum absolute atomic E-state index is 0.431. The topological polar surface area (TPSA) is 146 Å². The molecule has 0 unspecified atom stereocenters. The van der Waals surface area contributed by atoms with Gasteiger partial charge in [0.2, 0.25) is 0 Å². The number of nitrogens with zero attached hydrogens (tertiary/aromatic N) is 10. The number of aryl methyl sites for hydroxylation is 2. The van der Waals surface area contributed by atoms with Crippen molar-refractivity contribution >= 4 is 23.8 Å². The molecule has 0 spiro atoms. The standard InChI is InChI=1S/C9H13N.2C8H12N2.C7H10N2.C7H11NS.C6H13NO.C5H11NO/c1-8(2)7-9-5-3-4-6-10-9;1-6(2)8-5-9-7(3)4-10-8;1-6(2)8-9-4-7(3)5-10-8;1-6(2)7-3-8-5-9-4-7;1-6(2)3-7-4-9-5-8-7;1-4-8-7-5-6(2)3;1-5(2)4-6-7-3/h3-6,8H,7H2,1-2H3;2*4-6H,1-3H3;3-6H,1-2H3;4-6H,3H2,1-2H3;5-6H,4H2,1-3H3;4-5H,1-3H3. The molecule has 0 aliphatic rings. The summed E-state index contributed by atoms with van der Waals surface area (Å²) in [7, 11) is 1.54. The summed E-state index contributed by atoms with van der Waals surface area (Å²) in [4.78, 5) is 42.0. The van der Waals surface area contributed by atoms with Gasteiger partial charge >= 0.3 is 0 Å². The van der Waals surface area contributed by atoms with Crippen LogP contribution < -0.4 is 0 Å². The Morgan fingerprint density at radius 3 is 1.59 bits per heavy atom. The molecule has 0 radical (unpaired) electrons. The van der Waals surface area contributed by atoms with Crippen LogP contribution >= 0.6 is 11.3 Å². The summed E-state index contributed by atoms with van der Waals surface area (Å²) in [6.07, 6.45) is 20.1. The monoisotopic (exact) mass is 887 g/mol. The van der Waals surface area contributed by atoms with E-state index in [2.05, 4.69) is 150 Å². The number of rotatable bonds is 12. The number of aromatic nitrogens is 8. The maximum absolute atomic E-state index is 4.71. The van der Waals surface area contributed by atoms with Crippen LogP contribution in [0.2, 0.25) is 0 Å². The molecule has 0 bridgehead atoms. The number of oxime groups is 2. The van der Waals surface area contributed by atoms with Gasteiger partial charge in [-0.05, 0) is 92.4 Å². The van der Waals surface area contributed by atoms with Gasteiger partial charge in [-0.2, -0.15) is 0 Å². The van der Waals surface area contributed by atoms with Crippen LogP contribution in [-0.4, -0.2) is 66.0 Å². The molecule has 0 saturated heterocycles. The van der Waals surface area contributed by atoms with E-state index in [4.69, 9.17) is 4.84 Å². The first-order valence-electron chi connectivity index (χ1n) is 22.1. The second-order valence-electron chi connectivity index (χ2n) is 16.9. The zero-order valence-corrected chi connectivity index (χ0v) is 42.8. The highest BCUT2D eigenvalue weighted by Crippen LogP contribution is 2.10. The summed E-state index contributed by atoms with van der Waals surface area (Å²) in [5.41, 5.74) is 8.65.